The Bertz CT molecular complexity index is 110. The predicted octanol–water partition coefficient (Wildman–Crippen LogP) is 1.69. The fourth-order valence-corrected chi connectivity index (χ4v) is 1.69. The van der Waals surface area contributed by atoms with Crippen molar-refractivity contribution in [1.82, 2.24) is 0 Å². The summed E-state index contributed by atoms with van der Waals surface area (Å²) >= 11 is 5.75. The van der Waals surface area contributed by atoms with E-state index in [4.69, 9.17) is 17.3 Å². The van der Waals surface area contributed by atoms with Crippen molar-refractivity contribution in [2.24, 2.45) is 11.7 Å². The minimum Gasteiger partial charge on any atom is -0.330 e. The summed E-state index contributed by atoms with van der Waals surface area (Å²) in [5.74, 6) is 0.0648. The van der Waals surface area contributed by atoms with Crippen molar-refractivity contribution in [2.75, 3.05) is 6.54 Å². The van der Waals surface area contributed by atoms with Gasteiger partial charge in [0.05, 0.1) is 0 Å². The van der Waals surface area contributed by atoms with Gasteiger partial charge in [0.2, 0.25) is 0 Å². The van der Waals surface area contributed by atoms with Crippen LogP contribution in [0.3, 0.4) is 0 Å². The van der Waals surface area contributed by atoms with E-state index in [1.54, 1.807) is 0 Å². The van der Waals surface area contributed by atoms with Crippen molar-refractivity contribution in [1.29, 1.82) is 0 Å². The molecular formula is C7H13ClFN. The molecule has 0 aromatic heterocycles. The van der Waals surface area contributed by atoms with Gasteiger partial charge in [0, 0.05) is 11.3 Å². The first-order chi connectivity index (χ1) is 4.74. The van der Waals surface area contributed by atoms with Crippen LogP contribution in [0.2, 0.25) is 0 Å². The third kappa shape index (κ3) is 1.83. The maximum atomic E-state index is 12.9. The summed E-state index contributed by atoms with van der Waals surface area (Å²) in [5.41, 5.74) is 5.36. The van der Waals surface area contributed by atoms with Gasteiger partial charge in [-0.25, -0.2) is 4.39 Å². The zero-order chi connectivity index (χ0) is 7.56. The van der Waals surface area contributed by atoms with Gasteiger partial charge >= 0.3 is 0 Å². The number of nitrogens with two attached hydrogens (primary N) is 1. The van der Waals surface area contributed by atoms with Gasteiger partial charge in [-0.3, -0.25) is 0 Å². The van der Waals surface area contributed by atoms with Crippen molar-refractivity contribution in [3.05, 3.63) is 0 Å². The number of rotatable bonds is 1. The van der Waals surface area contributed by atoms with Crippen LogP contribution in [0.25, 0.3) is 0 Å². The third-order valence-electron chi connectivity index (χ3n) is 2.15. The topological polar surface area (TPSA) is 26.0 Å². The molecule has 1 nitrogen and oxygen atoms in total. The SMILES string of the molecule is NCC1CCC(Cl)CC1F. The second-order valence-electron chi connectivity index (χ2n) is 2.92. The third-order valence-corrected chi connectivity index (χ3v) is 2.54. The van der Waals surface area contributed by atoms with Gasteiger partial charge in [-0.1, -0.05) is 0 Å². The molecule has 0 aliphatic heterocycles. The van der Waals surface area contributed by atoms with Crippen LogP contribution < -0.4 is 5.73 Å². The number of halogens is 2. The molecular weight excluding hydrogens is 153 g/mol. The Labute approximate surface area is 65.7 Å². The van der Waals surface area contributed by atoms with E-state index in [0.29, 0.717) is 13.0 Å². The first-order valence-corrected chi connectivity index (χ1v) is 4.16. The molecule has 1 saturated carbocycles. The molecule has 1 rings (SSSR count). The summed E-state index contributed by atoms with van der Waals surface area (Å²) in [6, 6.07) is 0. The molecule has 0 aromatic rings. The Kier molecular flexibility index (Phi) is 2.93. The van der Waals surface area contributed by atoms with Gasteiger partial charge < -0.3 is 5.73 Å². The van der Waals surface area contributed by atoms with Crippen LogP contribution in [0, 0.1) is 5.92 Å². The van der Waals surface area contributed by atoms with Crippen molar-refractivity contribution in [3.63, 3.8) is 0 Å². The molecule has 0 aromatic carbocycles. The maximum absolute atomic E-state index is 12.9. The smallest absolute Gasteiger partial charge is 0.106 e. The molecule has 0 bridgehead atoms. The molecule has 3 atom stereocenters. The van der Waals surface area contributed by atoms with E-state index in [1.165, 1.54) is 0 Å². The lowest BCUT2D eigenvalue weighted by Gasteiger charge is -2.27. The van der Waals surface area contributed by atoms with Gasteiger partial charge in [0.1, 0.15) is 6.17 Å². The summed E-state index contributed by atoms with van der Waals surface area (Å²) in [7, 11) is 0. The summed E-state index contributed by atoms with van der Waals surface area (Å²) in [6.45, 7) is 0.463. The molecule has 0 saturated heterocycles. The summed E-state index contributed by atoms with van der Waals surface area (Å²) < 4.78 is 12.9. The van der Waals surface area contributed by atoms with E-state index >= 15 is 0 Å². The summed E-state index contributed by atoms with van der Waals surface area (Å²) in [6.07, 6.45) is 1.50. The quantitative estimate of drug-likeness (QED) is 0.588. The fourth-order valence-electron chi connectivity index (χ4n) is 1.40. The van der Waals surface area contributed by atoms with Crippen LogP contribution >= 0.6 is 11.6 Å². The van der Waals surface area contributed by atoms with Crippen LogP contribution in [0.1, 0.15) is 19.3 Å². The van der Waals surface area contributed by atoms with E-state index in [-0.39, 0.29) is 11.3 Å². The second kappa shape index (κ2) is 3.54. The minimum absolute atomic E-state index is 0.0396. The molecule has 0 radical (unpaired) electrons. The van der Waals surface area contributed by atoms with E-state index in [1.807, 2.05) is 0 Å². The zero-order valence-corrected chi connectivity index (χ0v) is 6.65. The molecule has 0 heterocycles. The minimum atomic E-state index is -0.763. The Hall–Kier alpha value is 0.180. The molecule has 60 valence electrons. The van der Waals surface area contributed by atoms with Crippen LogP contribution in [0.15, 0.2) is 0 Å². The normalized spacial score (nSPS) is 41.7. The van der Waals surface area contributed by atoms with Crippen LogP contribution in [-0.4, -0.2) is 18.1 Å². The largest absolute Gasteiger partial charge is 0.330 e. The molecule has 0 amide bonds. The Morgan fingerprint density at radius 3 is 2.70 bits per heavy atom. The maximum Gasteiger partial charge on any atom is 0.106 e. The van der Waals surface area contributed by atoms with Crippen molar-refractivity contribution >= 4 is 11.6 Å². The second-order valence-corrected chi connectivity index (χ2v) is 3.54. The lowest BCUT2D eigenvalue weighted by Crippen LogP contribution is -2.31. The Morgan fingerprint density at radius 2 is 2.20 bits per heavy atom. The highest BCUT2D eigenvalue weighted by Crippen LogP contribution is 2.29. The van der Waals surface area contributed by atoms with Crippen molar-refractivity contribution in [2.45, 2.75) is 30.8 Å². The summed E-state index contributed by atoms with van der Waals surface area (Å²) in [5, 5.41) is 0.0396. The zero-order valence-electron chi connectivity index (χ0n) is 5.89. The molecule has 0 spiro atoms. The first kappa shape index (κ1) is 8.28. The van der Waals surface area contributed by atoms with E-state index in [2.05, 4.69) is 0 Å². The van der Waals surface area contributed by atoms with E-state index in [9.17, 15) is 4.39 Å². The van der Waals surface area contributed by atoms with Gasteiger partial charge in [-0.15, -0.1) is 11.6 Å². The lowest BCUT2D eigenvalue weighted by molar-refractivity contribution is 0.174. The Morgan fingerprint density at radius 1 is 1.50 bits per heavy atom. The average Bonchev–Trinajstić information content (AvgIpc) is 1.88. The highest BCUT2D eigenvalue weighted by Gasteiger charge is 2.28. The lowest BCUT2D eigenvalue weighted by atomic mass is 9.87. The van der Waals surface area contributed by atoms with Crippen LogP contribution in [-0.2, 0) is 0 Å². The molecule has 2 N–H and O–H groups in total. The molecule has 3 heteroatoms. The van der Waals surface area contributed by atoms with Gasteiger partial charge in [0.25, 0.3) is 0 Å². The average molecular weight is 166 g/mol. The highest BCUT2D eigenvalue weighted by atomic mass is 35.5. The predicted molar refractivity (Wildman–Crippen MR) is 40.9 cm³/mol. The first-order valence-electron chi connectivity index (χ1n) is 3.72. The summed E-state index contributed by atoms with van der Waals surface area (Å²) in [4.78, 5) is 0. The van der Waals surface area contributed by atoms with Gasteiger partial charge in [-0.2, -0.15) is 0 Å². The van der Waals surface area contributed by atoms with E-state index in [0.717, 1.165) is 12.8 Å². The molecule has 3 unspecified atom stereocenters. The van der Waals surface area contributed by atoms with Crippen molar-refractivity contribution < 1.29 is 4.39 Å². The highest BCUT2D eigenvalue weighted by molar-refractivity contribution is 6.20. The molecule has 10 heavy (non-hydrogen) atoms. The molecule has 1 fully saturated rings. The fraction of sp³-hybridized carbons (Fsp3) is 1.00. The Balaban J connectivity index is 2.36. The van der Waals surface area contributed by atoms with E-state index < -0.39 is 6.17 Å². The molecule has 1 aliphatic carbocycles. The van der Waals surface area contributed by atoms with Crippen LogP contribution in [0.5, 0.6) is 0 Å². The van der Waals surface area contributed by atoms with Gasteiger partial charge in [0.15, 0.2) is 0 Å². The number of hydrogen-bond donors (Lipinski definition) is 1. The van der Waals surface area contributed by atoms with Crippen LogP contribution in [0.4, 0.5) is 4.39 Å². The molecule has 1 aliphatic rings. The number of hydrogen-bond acceptors (Lipinski definition) is 1. The standard InChI is InChI=1S/C7H13ClFN/c8-6-2-1-5(4-10)7(9)3-6/h5-7H,1-4,10H2. The number of alkyl halides is 2. The van der Waals surface area contributed by atoms with Gasteiger partial charge in [-0.05, 0) is 25.8 Å². The monoisotopic (exact) mass is 165 g/mol. The van der Waals surface area contributed by atoms with Crippen molar-refractivity contribution in [3.8, 4) is 0 Å².